The van der Waals surface area contributed by atoms with Gasteiger partial charge in [0, 0.05) is 45.0 Å². The topological polar surface area (TPSA) is 71.2 Å². The van der Waals surface area contributed by atoms with E-state index in [1.54, 1.807) is 0 Å². The Kier molecular flexibility index (Phi) is 8.33. The molecule has 1 fully saturated rings. The van der Waals surface area contributed by atoms with Gasteiger partial charge in [0.1, 0.15) is 5.65 Å². The van der Waals surface area contributed by atoms with Crippen molar-refractivity contribution in [1.29, 1.82) is 0 Å². The molecule has 0 unspecified atom stereocenters. The summed E-state index contributed by atoms with van der Waals surface area (Å²) in [5, 5.41) is 3.36. The van der Waals surface area contributed by atoms with E-state index in [1.165, 1.54) is 7.11 Å². The number of ether oxygens (including phenoxy) is 1. The Balaban J connectivity index is 0.00000261. The van der Waals surface area contributed by atoms with Crippen molar-refractivity contribution < 1.29 is 9.53 Å². The van der Waals surface area contributed by atoms with Gasteiger partial charge in [-0.2, -0.15) is 0 Å². The Bertz CT molecular complexity index is 735. The number of imidazole rings is 1. The van der Waals surface area contributed by atoms with Crippen LogP contribution in [0.4, 0.5) is 0 Å². The molecular formula is C19H28IN5O2. The average molecular weight is 485 g/mol. The van der Waals surface area contributed by atoms with Crippen LogP contribution in [0.1, 0.15) is 25.5 Å². The Labute approximate surface area is 177 Å². The van der Waals surface area contributed by atoms with Gasteiger partial charge >= 0.3 is 5.97 Å². The van der Waals surface area contributed by atoms with E-state index in [-0.39, 0.29) is 35.9 Å². The van der Waals surface area contributed by atoms with Crippen molar-refractivity contribution in [3.8, 4) is 0 Å². The van der Waals surface area contributed by atoms with Crippen LogP contribution in [0.2, 0.25) is 0 Å². The van der Waals surface area contributed by atoms with Gasteiger partial charge in [-0.15, -0.1) is 24.0 Å². The van der Waals surface area contributed by atoms with Crippen LogP contribution < -0.4 is 5.32 Å². The molecule has 1 aliphatic rings. The molecule has 1 N–H and O–H groups in total. The number of rotatable bonds is 5. The SMILES string of the molecule is CCNC(=NCCc1cn2ccccc2n1)N1CCC(C(=O)OC)CC1.I. The second kappa shape index (κ2) is 10.5. The minimum atomic E-state index is -0.0987. The third-order valence-corrected chi connectivity index (χ3v) is 4.71. The van der Waals surface area contributed by atoms with E-state index in [0.29, 0.717) is 6.54 Å². The summed E-state index contributed by atoms with van der Waals surface area (Å²) in [6.45, 7) is 5.21. The van der Waals surface area contributed by atoms with Crippen molar-refractivity contribution in [3.05, 3.63) is 36.3 Å². The third-order valence-electron chi connectivity index (χ3n) is 4.71. The smallest absolute Gasteiger partial charge is 0.308 e. The van der Waals surface area contributed by atoms with Gasteiger partial charge < -0.3 is 19.4 Å². The standard InChI is InChI=1S/C19H27N5O2.HI/c1-3-20-19(23-12-8-15(9-13-23)18(25)26-2)21-10-7-16-14-24-11-5-4-6-17(24)22-16;/h4-6,11,14-15H,3,7-10,12-13H2,1-2H3,(H,20,21);1H. The maximum absolute atomic E-state index is 11.7. The van der Waals surface area contributed by atoms with Gasteiger partial charge in [-0.1, -0.05) is 6.07 Å². The molecular weight excluding hydrogens is 457 g/mol. The van der Waals surface area contributed by atoms with Crippen LogP contribution >= 0.6 is 24.0 Å². The summed E-state index contributed by atoms with van der Waals surface area (Å²) in [5.74, 6) is 0.829. The van der Waals surface area contributed by atoms with Crippen LogP contribution in [0.25, 0.3) is 5.65 Å². The molecule has 0 amide bonds. The molecule has 3 heterocycles. The molecule has 1 saturated heterocycles. The highest BCUT2D eigenvalue weighted by atomic mass is 127. The molecule has 7 nitrogen and oxygen atoms in total. The maximum atomic E-state index is 11.7. The molecule has 0 aromatic carbocycles. The van der Waals surface area contributed by atoms with E-state index < -0.39 is 0 Å². The number of pyridine rings is 1. The number of carbonyl (C=O) groups is 1. The summed E-state index contributed by atoms with van der Waals surface area (Å²) < 4.78 is 6.89. The number of aromatic nitrogens is 2. The lowest BCUT2D eigenvalue weighted by atomic mass is 9.97. The van der Waals surface area contributed by atoms with Gasteiger partial charge in [0.05, 0.1) is 18.7 Å². The number of guanidine groups is 1. The number of aliphatic imine (C=N–C) groups is 1. The molecule has 1 aliphatic heterocycles. The normalized spacial score (nSPS) is 15.5. The van der Waals surface area contributed by atoms with Crippen molar-refractivity contribution in [3.63, 3.8) is 0 Å². The first kappa shape index (κ1) is 21.5. The monoisotopic (exact) mass is 485 g/mol. The number of piperidine rings is 1. The van der Waals surface area contributed by atoms with Crippen LogP contribution in [0, 0.1) is 5.92 Å². The number of methoxy groups -OCH3 is 1. The van der Waals surface area contributed by atoms with Gasteiger partial charge in [-0.05, 0) is 31.9 Å². The molecule has 0 aliphatic carbocycles. The second-order valence-corrected chi connectivity index (χ2v) is 6.47. The number of fused-ring (bicyclic) bond motifs is 1. The number of carbonyl (C=O) groups excluding carboxylic acids is 1. The minimum absolute atomic E-state index is 0. The molecule has 27 heavy (non-hydrogen) atoms. The van der Waals surface area contributed by atoms with Gasteiger partial charge in [-0.3, -0.25) is 9.79 Å². The van der Waals surface area contributed by atoms with E-state index in [2.05, 4.69) is 28.3 Å². The molecule has 0 saturated carbocycles. The number of nitrogens with zero attached hydrogens (tertiary/aromatic N) is 4. The Morgan fingerprint density at radius 1 is 1.37 bits per heavy atom. The lowest BCUT2D eigenvalue weighted by Crippen LogP contribution is -2.46. The molecule has 0 bridgehead atoms. The van der Waals surface area contributed by atoms with Crippen LogP contribution in [0.5, 0.6) is 0 Å². The number of nitrogens with one attached hydrogen (secondary N) is 1. The van der Waals surface area contributed by atoms with E-state index >= 15 is 0 Å². The molecule has 148 valence electrons. The summed E-state index contributed by atoms with van der Waals surface area (Å²) in [7, 11) is 1.46. The zero-order valence-electron chi connectivity index (χ0n) is 15.9. The number of hydrogen-bond donors (Lipinski definition) is 1. The number of likely N-dealkylation sites (tertiary alicyclic amines) is 1. The van der Waals surface area contributed by atoms with Crippen LogP contribution in [0.15, 0.2) is 35.6 Å². The lowest BCUT2D eigenvalue weighted by Gasteiger charge is -2.33. The summed E-state index contributed by atoms with van der Waals surface area (Å²) >= 11 is 0. The first-order valence-corrected chi connectivity index (χ1v) is 9.25. The second-order valence-electron chi connectivity index (χ2n) is 6.47. The van der Waals surface area contributed by atoms with Crippen LogP contribution in [0.3, 0.4) is 0 Å². The predicted octanol–water partition coefficient (Wildman–Crippen LogP) is 2.35. The molecule has 0 radical (unpaired) electrons. The van der Waals surface area contributed by atoms with Gasteiger partial charge in [-0.25, -0.2) is 4.98 Å². The van der Waals surface area contributed by atoms with Crippen molar-refractivity contribution in [2.75, 3.05) is 33.3 Å². The Morgan fingerprint density at radius 3 is 2.81 bits per heavy atom. The molecule has 0 atom stereocenters. The van der Waals surface area contributed by atoms with E-state index in [0.717, 1.165) is 56.2 Å². The van der Waals surface area contributed by atoms with Gasteiger partial charge in [0.15, 0.2) is 5.96 Å². The van der Waals surface area contributed by atoms with E-state index in [1.807, 2.05) is 28.8 Å². The van der Waals surface area contributed by atoms with Crippen LogP contribution in [-0.2, 0) is 16.0 Å². The number of hydrogen-bond acceptors (Lipinski definition) is 4. The first-order chi connectivity index (χ1) is 12.7. The molecule has 8 heteroatoms. The number of halogens is 1. The fourth-order valence-electron chi connectivity index (χ4n) is 3.30. The molecule has 0 spiro atoms. The highest BCUT2D eigenvalue weighted by Gasteiger charge is 2.26. The zero-order chi connectivity index (χ0) is 18.4. The molecule has 3 rings (SSSR count). The Hall–Kier alpha value is -1.84. The third kappa shape index (κ3) is 5.57. The van der Waals surface area contributed by atoms with Gasteiger partial charge in [0.2, 0.25) is 0 Å². The molecule has 2 aromatic heterocycles. The van der Waals surface area contributed by atoms with Crippen LogP contribution in [-0.4, -0.2) is 59.5 Å². The van der Waals surface area contributed by atoms with E-state index in [4.69, 9.17) is 9.73 Å². The summed E-state index contributed by atoms with van der Waals surface area (Å²) in [4.78, 5) is 23.3. The maximum Gasteiger partial charge on any atom is 0.308 e. The fraction of sp³-hybridized carbons (Fsp3) is 0.526. The Morgan fingerprint density at radius 2 is 2.15 bits per heavy atom. The van der Waals surface area contributed by atoms with Crippen molar-refractivity contribution in [2.24, 2.45) is 10.9 Å². The lowest BCUT2D eigenvalue weighted by molar-refractivity contribution is -0.146. The van der Waals surface area contributed by atoms with Crippen molar-refractivity contribution in [1.82, 2.24) is 19.6 Å². The van der Waals surface area contributed by atoms with Crippen molar-refractivity contribution in [2.45, 2.75) is 26.2 Å². The average Bonchev–Trinajstić information content (AvgIpc) is 3.09. The fourth-order valence-corrected chi connectivity index (χ4v) is 3.30. The van der Waals surface area contributed by atoms with E-state index in [9.17, 15) is 4.79 Å². The number of esters is 1. The molecule has 2 aromatic rings. The van der Waals surface area contributed by atoms with Gasteiger partial charge in [0.25, 0.3) is 0 Å². The van der Waals surface area contributed by atoms with Crippen molar-refractivity contribution >= 4 is 41.6 Å². The largest absolute Gasteiger partial charge is 0.469 e. The highest BCUT2D eigenvalue weighted by Crippen LogP contribution is 2.18. The zero-order valence-corrected chi connectivity index (χ0v) is 18.3. The highest BCUT2D eigenvalue weighted by molar-refractivity contribution is 14.0. The quantitative estimate of drug-likeness (QED) is 0.305. The predicted molar refractivity (Wildman–Crippen MR) is 117 cm³/mol. The minimum Gasteiger partial charge on any atom is -0.469 e. The first-order valence-electron chi connectivity index (χ1n) is 9.25. The summed E-state index contributed by atoms with van der Waals surface area (Å²) in [6, 6.07) is 5.99. The summed E-state index contributed by atoms with van der Waals surface area (Å²) in [5.41, 5.74) is 2.00. The summed E-state index contributed by atoms with van der Waals surface area (Å²) in [6.07, 6.45) is 6.48.